The second-order valence-corrected chi connectivity index (χ2v) is 5.43. The van der Waals surface area contributed by atoms with Gasteiger partial charge >= 0.3 is 0 Å². The highest BCUT2D eigenvalue weighted by atomic mass is 32.1. The first-order chi connectivity index (χ1) is 8.75. The lowest BCUT2D eigenvalue weighted by Crippen LogP contribution is -2.06. The predicted molar refractivity (Wildman–Crippen MR) is 85.4 cm³/mol. The Bertz CT molecular complexity index is 738. The molecule has 2 aromatic carbocycles. The van der Waals surface area contributed by atoms with E-state index in [-0.39, 0.29) is 0 Å². The lowest BCUT2D eigenvalue weighted by atomic mass is 9.85. The molecule has 0 unspecified atom stereocenters. The molecular formula is C16H8S2. The molecule has 0 bridgehead atoms. The smallest absolute Gasteiger partial charge is 0.0456 e. The minimum atomic E-state index is 0.909. The summed E-state index contributed by atoms with van der Waals surface area (Å²) in [5.41, 5.74) is 4.78. The molecule has 0 fully saturated rings. The molecule has 0 amide bonds. The first-order valence-electron chi connectivity index (χ1n) is 5.80. The summed E-state index contributed by atoms with van der Waals surface area (Å²) in [5.74, 6) is 0. The Kier molecular flexibility index (Phi) is 1.97. The van der Waals surface area contributed by atoms with Crippen molar-refractivity contribution in [2.75, 3.05) is 0 Å². The van der Waals surface area contributed by atoms with Gasteiger partial charge in [-0.25, -0.2) is 0 Å². The van der Waals surface area contributed by atoms with Crippen molar-refractivity contribution in [3.05, 3.63) is 58.7 Å². The van der Waals surface area contributed by atoms with E-state index in [4.69, 9.17) is 24.4 Å². The number of hydrogen-bond donors (Lipinski definition) is 0. The lowest BCUT2D eigenvalue weighted by molar-refractivity contribution is 1.62. The maximum atomic E-state index is 5.43. The quantitative estimate of drug-likeness (QED) is 0.650. The van der Waals surface area contributed by atoms with E-state index >= 15 is 0 Å². The van der Waals surface area contributed by atoms with Crippen LogP contribution in [0.4, 0.5) is 0 Å². The molecule has 0 aliphatic heterocycles. The van der Waals surface area contributed by atoms with Crippen LogP contribution in [0.2, 0.25) is 0 Å². The van der Waals surface area contributed by atoms with Crippen LogP contribution in [0.25, 0.3) is 22.9 Å². The number of allylic oxidation sites excluding steroid dienone is 2. The molecule has 0 saturated heterocycles. The summed E-state index contributed by atoms with van der Waals surface area (Å²) >= 11 is 10.9. The van der Waals surface area contributed by atoms with Crippen LogP contribution in [0.1, 0.15) is 22.3 Å². The fourth-order valence-corrected chi connectivity index (χ4v) is 3.22. The zero-order chi connectivity index (χ0) is 12.3. The van der Waals surface area contributed by atoms with E-state index in [1.165, 1.54) is 21.9 Å². The van der Waals surface area contributed by atoms with E-state index in [1.54, 1.807) is 0 Å². The average Bonchev–Trinajstić information content (AvgIpc) is 2.40. The van der Waals surface area contributed by atoms with Crippen LogP contribution in [0.3, 0.4) is 0 Å². The van der Waals surface area contributed by atoms with Crippen LogP contribution in [-0.4, -0.2) is 9.73 Å². The highest BCUT2D eigenvalue weighted by molar-refractivity contribution is 7.81. The van der Waals surface area contributed by atoms with Gasteiger partial charge in [0.15, 0.2) is 0 Å². The van der Waals surface area contributed by atoms with Gasteiger partial charge < -0.3 is 0 Å². The average molecular weight is 264 g/mol. The maximum absolute atomic E-state index is 5.43. The highest BCUT2D eigenvalue weighted by Crippen LogP contribution is 2.36. The molecule has 0 nitrogen and oxygen atoms in total. The largest absolute Gasteiger partial charge is 0.0794 e. The van der Waals surface area contributed by atoms with Crippen molar-refractivity contribution in [3.63, 3.8) is 0 Å². The van der Waals surface area contributed by atoms with Gasteiger partial charge in [-0.3, -0.25) is 0 Å². The Hall–Kier alpha value is -1.64. The van der Waals surface area contributed by atoms with E-state index in [0.29, 0.717) is 0 Å². The molecule has 4 rings (SSSR count). The van der Waals surface area contributed by atoms with Gasteiger partial charge in [-0.15, -0.1) is 0 Å². The molecule has 0 spiro atoms. The van der Waals surface area contributed by atoms with Crippen LogP contribution < -0.4 is 0 Å². The van der Waals surface area contributed by atoms with Gasteiger partial charge in [-0.1, -0.05) is 60.9 Å². The molecule has 0 atom stereocenters. The summed E-state index contributed by atoms with van der Waals surface area (Å²) in [6, 6.07) is 8.51. The summed E-state index contributed by atoms with van der Waals surface area (Å²) in [4.78, 5) is 1.82. The van der Waals surface area contributed by atoms with Crippen LogP contribution in [0.5, 0.6) is 0 Å². The topological polar surface area (TPSA) is 0 Å². The van der Waals surface area contributed by atoms with Gasteiger partial charge in [0, 0.05) is 20.9 Å². The second kappa shape index (κ2) is 3.44. The molecule has 2 aromatic rings. The molecule has 0 radical (unpaired) electrons. The van der Waals surface area contributed by atoms with E-state index in [1.807, 2.05) is 12.2 Å². The van der Waals surface area contributed by atoms with Crippen LogP contribution >= 0.6 is 24.4 Å². The van der Waals surface area contributed by atoms with Gasteiger partial charge in [0.25, 0.3) is 0 Å². The highest BCUT2D eigenvalue weighted by Gasteiger charge is 2.19. The Morgan fingerprint density at radius 3 is 1.44 bits per heavy atom. The van der Waals surface area contributed by atoms with Crippen molar-refractivity contribution in [1.82, 2.24) is 0 Å². The normalized spacial score (nSPS) is 15.6. The van der Waals surface area contributed by atoms with E-state index in [2.05, 4.69) is 36.4 Å². The molecule has 2 heteroatoms. The van der Waals surface area contributed by atoms with Crippen molar-refractivity contribution in [1.29, 1.82) is 0 Å². The molecular weight excluding hydrogens is 256 g/mol. The first-order valence-corrected chi connectivity index (χ1v) is 6.62. The third-order valence-corrected chi connectivity index (χ3v) is 4.30. The number of hydrogen-bond acceptors (Lipinski definition) is 2. The lowest BCUT2D eigenvalue weighted by Gasteiger charge is -2.20. The van der Waals surface area contributed by atoms with Gasteiger partial charge in [0.05, 0.1) is 0 Å². The predicted octanol–water partition coefficient (Wildman–Crippen LogP) is 4.33. The van der Waals surface area contributed by atoms with Crippen molar-refractivity contribution < 1.29 is 0 Å². The van der Waals surface area contributed by atoms with Crippen molar-refractivity contribution in [3.8, 4) is 0 Å². The van der Waals surface area contributed by atoms with Crippen LogP contribution in [-0.2, 0) is 0 Å². The standard InChI is InChI=1S/C16H8S2/c17-13-8-4-10-2-6-12-14(18)7-3-9-1-5-11(13)16(10)15(9)12/h1-8H. The fraction of sp³-hybridized carbons (Fsp3) is 0. The molecule has 0 N–H and O–H groups in total. The molecule has 84 valence electrons. The summed E-state index contributed by atoms with van der Waals surface area (Å²) in [5, 5.41) is 2.51. The Morgan fingerprint density at radius 1 is 0.556 bits per heavy atom. The van der Waals surface area contributed by atoms with E-state index in [9.17, 15) is 0 Å². The molecule has 18 heavy (non-hydrogen) atoms. The molecule has 2 aliphatic rings. The zero-order valence-electron chi connectivity index (χ0n) is 9.44. The molecule has 2 aliphatic carbocycles. The number of benzene rings is 2. The molecule has 0 saturated carbocycles. The monoisotopic (exact) mass is 264 g/mol. The Balaban J connectivity index is 2.31. The van der Waals surface area contributed by atoms with Crippen LogP contribution in [0, 0.1) is 0 Å². The Labute approximate surface area is 116 Å². The minimum Gasteiger partial charge on any atom is -0.0794 e. The number of rotatable bonds is 0. The molecule has 0 aromatic heterocycles. The van der Waals surface area contributed by atoms with Crippen LogP contribution in [0.15, 0.2) is 36.4 Å². The molecule has 0 heterocycles. The number of thiocarbonyl (C=S) groups is 2. The van der Waals surface area contributed by atoms with Crippen molar-refractivity contribution in [2.24, 2.45) is 0 Å². The SMILES string of the molecule is S=C1C=Cc2ccc3c4c(ccc1c24)C=CC3=S. The second-order valence-electron chi connectivity index (χ2n) is 4.55. The maximum Gasteiger partial charge on any atom is 0.0456 e. The van der Waals surface area contributed by atoms with Gasteiger partial charge in [-0.05, 0) is 34.1 Å². The summed E-state index contributed by atoms with van der Waals surface area (Å²) in [6.07, 6.45) is 8.20. The summed E-state index contributed by atoms with van der Waals surface area (Å²) in [7, 11) is 0. The van der Waals surface area contributed by atoms with Crippen molar-refractivity contribution >= 4 is 57.1 Å². The third kappa shape index (κ3) is 1.19. The zero-order valence-corrected chi connectivity index (χ0v) is 11.1. The first kappa shape index (κ1) is 10.3. The third-order valence-electron chi connectivity index (χ3n) is 3.58. The summed E-state index contributed by atoms with van der Waals surface area (Å²) in [6.45, 7) is 0. The van der Waals surface area contributed by atoms with Gasteiger partial charge in [-0.2, -0.15) is 0 Å². The summed E-state index contributed by atoms with van der Waals surface area (Å²) < 4.78 is 0. The Morgan fingerprint density at radius 2 is 1.00 bits per heavy atom. The minimum absolute atomic E-state index is 0.909. The van der Waals surface area contributed by atoms with Gasteiger partial charge in [0.1, 0.15) is 0 Å². The van der Waals surface area contributed by atoms with Gasteiger partial charge in [0.2, 0.25) is 0 Å². The van der Waals surface area contributed by atoms with Crippen molar-refractivity contribution in [2.45, 2.75) is 0 Å². The van der Waals surface area contributed by atoms with E-state index in [0.717, 1.165) is 20.9 Å². The van der Waals surface area contributed by atoms with E-state index < -0.39 is 0 Å². The fourth-order valence-electron chi connectivity index (χ4n) is 2.75.